The third-order valence-corrected chi connectivity index (χ3v) is 5.09. The predicted octanol–water partition coefficient (Wildman–Crippen LogP) is 3.92. The number of nitrogens with zero attached hydrogens (tertiary/aromatic N) is 3. The minimum absolute atomic E-state index is 0.185. The summed E-state index contributed by atoms with van der Waals surface area (Å²) in [7, 11) is 0. The number of halogens is 1. The van der Waals surface area contributed by atoms with Crippen LogP contribution in [-0.2, 0) is 4.79 Å². The Morgan fingerprint density at radius 1 is 1.09 bits per heavy atom. The number of carbonyl (C=O) groups excluding carboxylic acids is 2. The van der Waals surface area contributed by atoms with Gasteiger partial charge in [-0.1, -0.05) is 29.8 Å². The van der Waals surface area contributed by atoms with E-state index >= 15 is 0 Å². The lowest BCUT2D eigenvalue weighted by Gasteiger charge is -2.14. The zero-order valence-electron chi connectivity index (χ0n) is 17.5. The van der Waals surface area contributed by atoms with Gasteiger partial charge in [-0.15, -0.1) is 0 Å². The largest absolute Gasteiger partial charge is 0.320 e. The number of pyridine rings is 2. The van der Waals surface area contributed by atoms with Gasteiger partial charge in [0.05, 0.1) is 22.3 Å². The van der Waals surface area contributed by atoms with Crippen LogP contribution in [0.1, 0.15) is 23.0 Å². The molecular formula is C23H21ClN6O2. The highest BCUT2D eigenvalue weighted by atomic mass is 35.5. The van der Waals surface area contributed by atoms with Crippen molar-refractivity contribution in [3.05, 3.63) is 77.2 Å². The zero-order valence-corrected chi connectivity index (χ0v) is 18.2. The fourth-order valence-electron chi connectivity index (χ4n) is 3.30. The second-order valence-corrected chi connectivity index (χ2v) is 7.82. The third-order valence-electron chi connectivity index (χ3n) is 4.87. The maximum Gasteiger partial charge on any atom is 0.275 e. The van der Waals surface area contributed by atoms with Crippen LogP contribution in [0, 0.1) is 6.92 Å². The second-order valence-electron chi connectivity index (χ2n) is 7.39. The van der Waals surface area contributed by atoms with Gasteiger partial charge < -0.3 is 20.9 Å². The molecule has 9 heteroatoms. The monoisotopic (exact) mass is 448 g/mol. The number of aryl methyl sites for hydroxylation is 1. The van der Waals surface area contributed by atoms with E-state index in [-0.39, 0.29) is 23.2 Å². The quantitative estimate of drug-likeness (QED) is 0.428. The summed E-state index contributed by atoms with van der Waals surface area (Å²) in [6, 6.07) is 13.9. The number of fused-ring (bicyclic) bond motifs is 1. The number of aromatic nitrogens is 3. The average molecular weight is 449 g/mol. The molecule has 1 aromatic carbocycles. The smallest absolute Gasteiger partial charge is 0.275 e. The van der Waals surface area contributed by atoms with E-state index in [0.29, 0.717) is 10.7 Å². The Labute approximate surface area is 189 Å². The highest BCUT2D eigenvalue weighted by Gasteiger charge is 2.15. The highest BCUT2D eigenvalue weighted by molar-refractivity contribution is 6.30. The van der Waals surface area contributed by atoms with Crippen LogP contribution >= 0.6 is 11.6 Å². The van der Waals surface area contributed by atoms with Gasteiger partial charge in [0.2, 0.25) is 5.91 Å². The lowest BCUT2D eigenvalue weighted by molar-refractivity contribution is -0.117. The van der Waals surface area contributed by atoms with E-state index < -0.39 is 11.9 Å². The van der Waals surface area contributed by atoms with Gasteiger partial charge in [-0.05, 0) is 37.6 Å². The molecule has 32 heavy (non-hydrogen) atoms. The standard InChI is InChI=1S/C23H21ClN6O2/c1-13-4-3-5-15-8-9-30(21(13)15)17-10-19(28-22(31)14(2)25)27-20(11-17)29-23(32)18-7-6-16(24)12-26-18/h3-12,14H,25H2,1-2H3,(H2,27,28,29,31,32). The molecule has 162 valence electrons. The van der Waals surface area contributed by atoms with Crippen molar-refractivity contribution in [2.45, 2.75) is 19.9 Å². The highest BCUT2D eigenvalue weighted by Crippen LogP contribution is 2.26. The molecular weight excluding hydrogens is 428 g/mol. The summed E-state index contributed by atoms with van der Waals surface area (Å²) in [4.78, 5) is 33.2. The third kappa shape index (κ3) is 4.46. The van der Waals surface area contributed by atoms with Gasteiger partial charge in [0.25, 0.3) is 5.91 Å². The van der Waals surface area contributed by atoms with Crippen LogP contribution in [0.15, 0.2) is 60.9 Å². The number of anilines is 2. The Kier molecular flexibility index (Phi) is 5.89. The maximum absolute atomic E-state index is 12.7. The van der Waals surface area contributed by atoms with E-state index in [4.69, 9.17) is 17.3 Å². The number of hydrogen-bond donors (Lipinski definition) is 3. The molecule has 8 nitrogen and oxygen atoms in total. The molecule has 0 saturated heterocycles. The van der Waals surface area contributed by atoms with Gasteiger partial charge in [0.15, 0.2) is 0 Å². The Morgan fingerprint density at radius 2 is 1.84 bits per heavy atom. The summed E-state index contributed by atoms with van der Waals surface area (Å²) in [6.45, 7) is 3.60. The van der Waals surface area contributed by atoms with Crippen molar-refractivity contribution in [3.63, 3.8) is 0 Å². The van der Waals surface area contributed by atoms with Crippen molar-refractivity contribution >= 4 is 46.0 Å². The molecule has 0 aliphatic rings. The number of para-hydroxylation sites is 1. The molecule has 3 heterocycles. The van der Waals surface area contributed by atoms with Gasteiger partial charge in [-0.2, -0.15) is 0 Å². The number of carbonyl (C=O) groups is 2. The summed E-state index contributed by atoms with van der Waals surface area (Å²) < 4.78 is 1.98. The number of benzene rings is 1. The predicted molar refractivity (Wildman–Crippen MR) is 125 cm³/mol. The molecule has 1 unspecified atom stereocenters. The first kappa shape index (κ1) is 21.5. The van der Waals surface area contributed by atoms with E-state index in [1.807, 2.05) is 42.0 Å². The van der Waals surface area contributed by atoms with Crippen molar-refractivity contribution in [1.29, 1.82) is 0 Å². The van der Waals surface area contributed by atoms with Crippen molar-refractivity contribution in [2.75, 3.05) is 10.6 Å². The van der Waals surface area contributed by atoms with E-state index in [0.717, 1.165) is 16.5 Å². The van der Waals surface area contributed by atoms with Gasteiger partial charge in [-0.25, -0.2) is 9.97 Å². The average Bonchev–Trinajstić information content (AvgIpc) is 3.19. The topological polar surface area (TPSA) is 115 Å². The lowest BCUT2D eigenvalue weighted by Crippen LogP contribution is -2.32. The van der Waals surface area contributed by atoms with Crippen LogP contribution in [0.2, 0.25) is 5.02 Å². The van der Waals surface area contributed by atoms with Crippen molar-refractivity contribution in [2.24, 2.45) is 5.73 Å². The first-order chi connectivity index (χ1) is 15.3. The Balaban J connectivity index is 1.76. The molecule has 3 aromatic heterocycles. The number of amides is 2. The lowest BCUT2D eigenvalue weighted by atomic mass is 10.1. The molecule has 1 atom stereocenters. The normalized spacial score (nSPS) is 11.9. The minimum atomic E-state index is -0.716. The summed E-state index contributed by atoms with van der Waals surface area (Å²) in [5.41, 5.74) is 8.68. The molecule has 0 bridgehead atoms. The maximum atomic E-state index is 12.7. The first-order valence-electron chi connectivity index (χ1n) is 9.90. The Bertz CT molecular complexity index is 1310. The fourth-order valence-corrected chi connectivity index (χ4v) is 3.42. The summed E-state index contributed by atoms with van der Waals surface area (Å²) in [6.07, 6.45) is 3.32. The Morgan fingerprint density at radius 3 is 2.53 bits per heavy atom. The Hall–Kier alpha value is -3.75. The number of hydrogen-bond acceptors (Lipinski definition) is 5. The van der Waals surface area contributed by atoms with Gasteiger partial charge in [-0.3, -0.25) is 9.59 Å². The molecule has 0 saturated carbocycles. The van der Waals surface area contributed by atoms with Gasteiger partial charge in [0.1, 0.15) is 17.3 Å². The van der Waals surface area contributed by atoms with Crippen LogP contribution < -0.4 is 16.4 Å². The molecule has 4 N–H and O–H groups in total. The number of rotatable bonds is 5. The van der Waals surface area contributed by atoms with Crippen LogP contribution in [0.25, 0.3) is 16.6 Å². The molecule has 4 rings (SSSR count). The summed E-state index contributed by atoms with van der Waals surface area (Å²) >= 11 is 5.85. The minimum Gasteiger partial charge on any atom is -0.320 e. The SMILES string of the molecule is Cc1cccc2ccn(-c3cc(NC(=O)c4ccc(Cl)cn4)nc(NC(=O)C(C)N)c3)c12. The molecule has 0 aliphatic heterocycles. The molecule has 0 spiro atoms. The van der Waals surface area contributed by atoms with E-state index in [1.165, 1.54) is 12.3 Å². The van der Waals surface area contributed by atoms with Crippen molar-refractivity contribution < 1.29 is 9.59 Å². The van der Waals surface area contributed by atoms with Gasteiger partial charge >= 0.3 is 0 Å². The van der Waals surface area contributed by atoms with Crippen LogP contribution in [0.4, 0.5) is 11.6 Å². The second kappa shape index (κ2) is 8.78. The van der Waals surface area contributed by atoms with Crippen molar-refractivity contribution in [1.82, 2.24) is 14.5 Å². The van der Waals surface area contributed by atoms with E-state index in [9.17, 15) is 9.59 Å². The molecule has 0 fully saturated rings. The zero-order chi connectivity index (χ0) is 22.8. The molecule has 4 aromatic rings. The molecule has 0 radical (unpaired) electrons. The molecule has 2 amide bonds. The summed E-state index contributed by atoms with van der Waals surface area (Å²) in [5.74, 6) is -0.330. The van der Waals surface area contributed by atoms with E-state index in [2.05, 4.69) is 20.6 Å². The van der Waals surface area contributed by atoms with Crippen molar-refractivity contribution in [3.8, 4) is 5.69 Å². The summed E-state index contributed by atoms with van der Waals surface area (Å²) in [5, 5.41) is 6.93. The van der Waals surface area contributed by atoms with Crippen LogP contribution in [-0.4, -0.2) is 32.4 Å². The number of nitrogens with two attached hydrogens (primary N) is 1. The molecule has 0 aliphatic carbocycles. The van der Waals surface area contributed by atoms with Crippen LogP contribution in [0.3, 0.4) is 0 Å². The first-order valence-corrected chi connectivity index (χ1v) is 10.3. The fraction of sp³-hybridized carbons (Fsp3) is 0.130. The van der Waals surface area contributed by atoms with Gasteiger partial charge in [0, 0.05) is 29.9 Å². The number of nitrogens with one attached hydrogen (secondary N) is 2. The van der Waals surface area contributed by atoms with E-state index in [1.54, 1.807) is 25.1 Å². The van der Waals surface area contributed by atoms with Crippen LogP contribution in [0.5, 0.6) is 0 Å².